The monoisotopic (exact) mass is 404 g/mol. The Balaban J connectivity index is 1.48. The molecule has 1 atom stereocenters. The lowest BCUT2D eigenvalue weighted by Crippen LogP contribution is -2.42. The molecule has 0 bridgehead atoms. The zero-order valence-corrected chi connectivity index (χ0v) is 17.1. The van der Waals surface area contributed by atoms with Gasteiger partial charge < -0.3 is 29.3 Å². The molecular formula is C21H32N4O4. The van der Waals surface area contributed by atoms with Crippen molar-refractivity contribution in [1.29, 1.82) is 0 Å². The molecule has 2 aromatic heterocycles. The topological polar surface area (TPSA) is 95.4 Å². The Morgan fingerprint density at radius 1 is 1.14 bits per heavy atom. The molecule has 0 aromatic carbocycles. The van der Waals surface area contributed by atoms with Crippen LogP contribution in [0.5, 0.6) is 0 Å². The summed E-state index contributed by atoms with van der Waals surface area (Å²) in [6.07, 6.45) is 5.00. The number of guanidine groups is 1. The van der Waals surface area contributed by atoms with Crippen LogP contribution in [0.15, 0.2) is 50.6 Å². The first kappa shape index (κ1) is 21.4. The van der Waals surface area contributed by atoms with E-state index in [-0.39, 0.29) is 6.54 Å². The van der Waals surface area contributed by atoms with Crippen LogP contribution in [0.4, 0.5) is 0 Å². The van der Waals surface area contributed by atoms with E-state index >= 15 is 0 Å². The van der Waals surface area contributed by atoms with Gasteiger partial charge in [-0.2, -0.15) is 0 Å². The summed E-state index contributed by atoms with van der Waals surface area (Å²) in [5.74, 6) is 2.10. The molecule has 8 nitrogen and oxygen atoms in total. The Kier molecular flexibility index (Phi) is 8.15. The number of aliphatic hydroxyl groups is 1. The molecule has 0 radical (unpaired) electrons. The molecule has 1 saturated heterocycles. The van der Waals surface area contributed by atoms with Crippen molar-refractivity contribution in [3.63, 3.8) is 0 Å². The highest BCUT2D eigenvalue weighted by molar-refractivity contribution is 5.79. The maximum absolute atomic E-state index is 10.7. The van der Waals surface area contributed by atoms with Gasteiger partial charge in [0.1, 0.15) is 17.1 Å². The van der Waals surface area contributed by atoms with Crippen molar-refractivity contribution in [1.82, 2.24) is 15.5 Å². The molecule has 0 spiro atoms. The van der Waals surface area contributed by atoms with Gasteiger partial charge in [-0.1, -0.05) is 0 Å². The van der Waals surface area contributed by atoms with E-state index in [1.165, 1.54) is 0 Å². The van der Waals surface area contributed by atoms with E-state index in [4.69, 9.17) is 13.6 Å². The van der Waals surface area contributed by atoms with Crippen LogP contribution in [0.2, 0.25) is 0 Å². The predicted octanol–water partition coefficient (Wildman–Crippen LogP) is 1.58. The van der Waals surface area contributed by atoms with Gasteiger partial charge in [0.05, 0.1) is 32.3 Å². The number of hydrogen-bond acceptors (Lipinski definition) is 6. The molecular weight excluding hydrogens is 372 g/mol. The first-order chi connectivity index (χ1) is 14.1. The second-order valence-corrected chi connectivity index (χ2v) is 7.41. The van der Waals surface area contributed by atoms with Gasteiger partial charge in [-0.15, -0.1) is 0 Å². The van der Waals surface area contributed by atoms with Crippen molar-refractivity contribution < 1.29 is 18.7 Å². The Morgan fingerprint density at radius 3 is 2.62 bits per heavy atom. The Morgan fingerprint density at radius 2 is 1.90 bits per heavy atom. The fraction of sp³-hybridized carbons (Fsp3) is 0.571. The van der Waals surface area contributed by atoms with Crippen LogP contribution in [0.1, 0.15) is 24.9 Å². The fourth-order valence-corrected chi connectivity index (χ4v) is 3.16. The van der Waals surface area contributed by atoms with Crippen molar-refractivity contribution in [2.24, 2.45) is 4.99 Å². The third-order valence-electron chi connectivity index (χ3n) is 4.89. The van der Waals surface area contributed by atoms with E-state index in [9.17, 15) is 5.11 Å². The molecule has 1 fully saturated rings. The number of nitrogens with zero attached hydrogens (tertiary/aromatic N) is 2. The van der Waals surface area contributed by atoms with Gasteiger partial charge in [0, 0.05) is 32.6 Å². The van der Waals surface area contributed by atoms with Crippen molar-refractivity contribution in [3.05, 3.63) is 48.3 Å². The molecule has 1 aliphatic rings. The first-order valence-electron chi connectivity index (χ1n) is 10.2. The number of nitrogens with one attached hydrogen (secondary N) is 2. The Hall–Kier alpha value is -2.29. The van der Waals surface area contributed by atoms with E-state index in [2.05, 4.69) is 20.5 Å². The van der Waals surface area contributed by atoms with Crippen molar-refractivity contribution in [2.75, 3.05) is 52.5 Å². The minimum atomic E-state index is -1.16. The third kappa shape index (κ3) is 7.23. The minimum absolute atomic E-state index is 0.195. The van der Waals surface area contributed by atoms with Crippen LogP contribution in [-0.4, -0.2) is 68.4 Å². The number of rotatable bonds is 10. The molecule has 29 heavy (non-hydrogen) atoms. The highest BCUT2D eigenvalue weighted by Gasteiger charge is 2.26. The molecule has 3 rings (SSSR count). The molecule has 3 N–H and O–H groups in total. The molecule has 0 amide bonds. The largest absolute Gasteiger partial charge is 0.469 e. The van der Waals surface area contributed by atoms with Crippen LogP contribution in [0, 0.1) is 0 Å². The molecule has 1 aliphatic heterocycles. The summed E-state index contributed by atoms with van der Waals surface area (Å²) in [4.78, 5) is 6.99. The average molecular weight is 405 g/mol. The lowest BCUT2D eigenvalue weighted by atomic mass is 10.0. The van der Waals surface area contributed by atoms with Gasteiger partial charge in [0.25, 0.3) is 0 Å². The molecule has 3 heterocycles. The van der Waals surface area contributed by atoms with Gasteiger partial charge in [0.15, 0.2) is 5.96 Å². The predicted molar refractivity (Wildman–Crippen MR) is 111 cm³/mol. The SMILES string of the molecule is CC(O)(CN=C(NCCCN1CCOCC1)NCCc1ccco1)c1ccco1. The lowest BCUT2D eigenvalue weighted by Gasteiger charge is -2.26. The van der Waals surface area contributed by atoms with Crippen LogP contribution in [-0.2, 0) is 16.8 Å². The quantitative estimate of drug-likeness (QED) is 0.314. The maximum Gasteiger partial charge on any atom is 0.191 e. The molecule has 160 valence electrons. The van der Waals surface area contributed by atoms with E-state index in [1.54, 1.807) is 31.6 Å². The highest BCUT2D eigenvalue weighted by Crippen LogP contribution is 2.21. The summed E-state index contributed by atoms with van der Waals surface area (Å²) in [6.45, 7) is 8.03. The van der Waals surface area contributed by atoms with Gasteiger partial charge in [-0.05, 0) is 44.2 Å². The Labute approximate surface area is 171 Å². The summed E-state index contributed by atoms with van der Waals surface area (Å²) in [7, 11) is 0. The Bertz CT molecular complexity index is 707. The number of ether oxygens (including phenoxy) is 1. The summed E-state index contributed by atoms with van der Waals surface area (Å²) in [6, 6.07) is 7.36. The smallest absolute Gasteiger partial charge is 0.191 e. The molecule has 0 saturated carbocycles. The zero-order chi connectivity index (χ0) is 20.4. The van der Waals surface area contributed by atoms with Crippen molar-refractivity contribution >= 4 is 5.96 Å². The summed E-state index contributed by atoms with van der Waals surface area (Å²) >= 11 is 0. The third-order valence-corrected chi connectivity index (χ3v) is 4.89. The standard InChI is InChI=1S/C21H32N4O4/c1-21(26,19-6-3-14-29-19)17-24-20(23-9-7-18-5-2-13-28-18)22-8-4-10-25-11-15-27-16-12-25/h2-3,5-6,13-14,26H,4,7-12,15-17H2,1H3,(H2,22,23,24). The second-order valence-electron chi connectivity index (χ2n) is 7.41. The van der Waals surface area contributed by atoms with E-state index in [0.717, 1.165) is 58.0 Å². The molecule has 2 aromatic rings. The fourth-order valence-electron chi connectivity index (χ4n) is 3.16. The van der Waals surface area contributed by atoms with Crippen molar-refractivity contribution in [2.45, 2.75) is 25.4 Å². The second kappa shape index (κ2) is 11.0. The average Bonchev–Trinajstić information content (AvgIpc) is 3.44. The zero-order valence-electron chi connectivity index (χ0n) is 17.1. The highest BCUT2D eigenvalue weighted by atomic mass is 16.5. The van der Waals surface area contributed by atoms with Crippen LogP contribution in [0.3, 0.4) is 0 Å². The van der Waals surface area contributed by atoms with Crippen LogP contribution < -0.4 is 10.6 Å². The summed E-state index contributed by atoms with van der Waals surface area (Å²) < 4.78 is 16.1. The number of morpholine rings is 1. The van der Waals surface area contributed by atoms with Crippen molar-refractivity contribution in [3.8, 4) is 0 Å². The van der Waals surface area contributed by atoms with E-state index in [0.29, 0.717) is 18.3 Å². The van der Waals surface area contributed by atoms with E-state index < -0.39 is 5.60 Å². The van der Waals surface area contributed by atoms with E-state index in [1.807, 2.05) is 12.1 Å². The van der Waals surface area contributed by atoms with Crippen LogP contribution >= 0.6 is 0 Å². The molecule has 1 unspecified atom stereocenters. The number of hydrogen-bond donors (Lipinski definition) is 3. The minimum Gasteiger partial charge on any atom is -0.469 e. The lowest BCUT2D eigenvalue weighted by molar-refractivity contribution is 0.0376. The normalized spacial score (nSPS) is 17.8. The van der Waals surface area contributed by atoms with Gasteiger partial charge in [-0.3, -0.25) is 4.90 Å². The van der Waals surface area contributed by atoms with Gasteiger partial charge >= 0.3 is 0 Å². The first-order valence-corrected chi connectivity index (χ1v) is 10.2. The van der Waals surface area contributed by atoms with Gasteiger partial charge in [-0.25, -0.2) is 4.99 Å². The number of furan rings is 2. The molecule has 8 heteroatoms. The van der Waals surface area contributed by atoms with Crippen LogP contribution in [0.25, 0.3) is 0 Å². The van der Waals surface area contributed by atoms with Gasteiger partial charge in [0.2, 0.25) is 0 Å². The summed E-state index contributed by atoms with van der Waals surface area (Å²) in [5.41, 5.74) is -1.16. The maximum atomic E-state index is 10.7. The summed E-state index contributed by atoms with van der Waals surface area (Å²) in [5, 5.41) is 17.3. The molecule has 0 aliphatic carbocycles. The number of aliphatic imine (C=N–C) groups is 1.